The summed E-state index contributed by atoms with van der Waals surface area (Å²) in [4.78, 5) is 8.68. The predicted octanol–water partition coefficient (Wildman–Crippen LogP) is 5.78. The minimum atomic E-state index is 0.584. The zero-order valence-electron chi connectivity index (χ0n) is 15.3. The number of aromatic nitrogens is 2. The van der Waals surface area contributed by atoms with Gasteiger partial charge in [-0.25, -0.2) is 0 Å². The molecule has 0 radical (unpaired) electrons. The Morgan fingerprint density at radius 1 is 0.857 bits per heavy atom. The molecule has 4 aromatic rings. The second-order valence-corrected chi connectivity index (χ2v) is 6.35. The molecule has 2 aromatic carbocycles. The molecule has 0 unspecified atom stereocenters. The fraction of sp³-hybridized carbons (Fsp3) is 0.0417. The molecular weight excluding hydrogens is 346 g/mol. The lowest BCUT2D eigenvalue weighted by Crippen LogP contribution is -1.90. The molecule has 4 heteroatoms. The Balaban J connectivity index is 1.60. The summed E-state index contributed by atoms with van der Waals surface area (Å²) in [5.74, 6) is 1.39. The molecule has 0 aliphatic carbocycles. The molecule has 0 spiro atoms. The van der Waals surface area contributed by atoms with Gasteiger partial charge in [-0.15, -0.1) is 0 Å². The summed E-state index contributed by atoms with van der Waals surface area (Å²) in [6, 6.07) is 25.2. The number of ether oxygens (including phenoxy) is 1. The molecule has 0 bridgehead atoms. The average molecular weight is 363 g/mol. The molecular formula is C24H17N3O. The number of hydrogen-bond donors (Lipinski definition) is 0. The maximum Gasteiger partial charge on any atom is 0.128 e. The summed E-state index contributed by atoms with van der Waals surface area (Å²) < 4.78 is 6.00. The van der Waals surface area contributed by atoms with Gasteiger partial charge in [0.15, 0.2) is 0 Å². The van der Waals surface area contributed by atoms with Crippen molar-refractivity contribution in [3.05, 3.63) is 96.4 Å². The van der Waals surface area contributed by atoms with Crippen LogP contribution < -0.4 is 4.74 Å². The van der Waals surface area contributed by atoms with Crippen molar-refractivity contribution in [1.29, 1.82) is 5.26 Å². The number of pyridine rings is 2. The van der Waals surface area contributed by atoms with Crippen molar-refractivity contribution in [3.63, 3.8) is 0 Å². The fourth-order valence-electron chi connectivity index (χ4n) is 2.98. The molecule has 0 saturated carbocycles. The first-order valence-corrected chi connectivity index (χ1v) is 8.89. The molecule has 0 aliphatic rings. The van der Waals surface area contributed by atoms with Gasteiger partial charge in [0, 0.05) is 34.8 Å². The number of rotatable bonds is 4. The fourth-order valence-corrected chi connectivity index (χ4v) is 2.98. The average Bonchev–Trinajstić information content (AvgIpc) is 2.75. The second-order valence-electron chi connectivity index (χ2n) is 6.35. The molecule has 0 fully saturated rings. The zero-order chi connectivity index (χ0) is 19.3. The summed E-state index contributed by atoms with van der Waals surface area (Å²) in [5, 5.41) is 9.40. The van der Waals surface area contributed by atoms with E-state index in [-0.39, 0.29) is 0 Å². The molecule has 2 aromatic heterocycles. The van der Waals surface area contributed by atoms with Crippen molar-refractivity contribution in [3.8, 4) is 40.0 Å². The Morgan fingerprint density at radius 2 is 1.68 bits per heavy atom. The van der Waals surface area contributed by atoms with Gasteiger partial charge < -0.3 is 4.74 Å². The largest absolute Gasteiger partial charge is 0.457 e. The van der Waals surface area contributed by atoms with Crippen LogP contribution in [0.2, 0.25) is 0 Å². The van der Waals surface area contributed by atoms with Crippen LogP contribution >= 0.6 is 0 Å². The summed E-state index contributed by atoms with van der Waals surface area (Å²) in [7, 11) is 0. The lowest BCUT2D eigenvalue weighted by molar-refractivity contribution is 0.483. The number of benzene rings is 2. The number of aryl methyl sites for hydroxylation is 1. The summed E-state index contributed by atoms with van der Waals surface area (Å²) in [6.07, 6.45) is 3.45. The van der Waals surface area contributed by atoms with E-state index in [2.05, 4.69) is 16.0 Å². The first-order valence-electron chi connectivity index (χ1n) is 8.89. The van der Waals surface area contributed by atoms with Gasteiger partial charge >= 0.3 is 0 Å². The van der Waals surface area contributed by atoms with E-state index in [0.29, 0.717) is 11.3 Å². The number of hydrogen-bond acceptors (Lipinski definition) is 4. The summed E-state index contributed by atoms with van der Waals surface area (Å²) in [5.41, 5.74) is 5.22. The van der Waals surface area contributed by atoms with Gasteiger partial charge in [0.2, 0.25) is 0 Å². The zero-order valence-corrected chi connectivity index (χ0v) is 15.3. The molecule has 0 atom stereocenters. The molecule has 0 saturated heterocycles. The maximum atomic E-state index is 9.40. The van der Waals surface area contributed by atoms with Crippen LogP contribution in [0.3, 0.4) is 0 Å². The SMILES string of the molecule is Cc1cccc(-c2ccc(Oc3ccc(C#N)c(-c4cccnc4)c3)cc2)n1. The first-order chi connectivity index (χ1) is 13.7. The van der Waals surface area contributed by atoms with Crippen LogP contribution in [0.15, 0.2) is 85.2 Å². The lowest BCUT2D eigenvalue weighted by atomic mass is 10.0. The highest BCUT2D eigenvalue weighted by Crippen LogP contribution is 2.30. The van der Waals surface area contributed by atoms with Crippen molar-refractivity contribution in [1.82, 2.24) is 9.97 Å². The third-order valence-electron chi connectivity index (χ3n) is 4.36. The van der Waals surface area contributed by atoms with Crippen LogP contribution in [0.4, 0.5) is 0 Å². The van der Waals surface area contributed by atoms with Gasteiger partial charge in [0.1, 0.15) is 11.5 Å². The normalized spacial score (nSPS) is 10.3. The topological polar surface area (TPSA) is 58.8 Å². The second kappa shape index (κ2) is 7.73. The van der Waals surface area contributed by atoms with E-state index in [9.17, 15) is 5.26 Å². The van der Waals surface area contributed by atoms with Crippen molar-refractivity contribution in [2.45, 2.75) is 6.92 Å². The van der Waals surface area contributed by atoms with Gasteiger partial charge in [0.05, 0.1) is 17.3 Å². The number of nitriles is 1. The van der Waals surface area contributed by atoms with Gasteiger partial charge in [-0.1, -0.05) is 12.1 Å². The molecule has 0 aliphatic heterocycles. The highest BCUT2D eigenvalue weighted by atomic mass is 16.5. The van der Waals surface area contributed by atoms with Crippen LogP contribution in [-0.2, 0) is 0 Å². The quantitative estimate of drug-likeness (QED) is 0.461. The Labute approximate surface area is 163 Å². The third-order valence-corrected chi connectivity index (χ3v) is 4.36. The Morgan fingerprint density at radius 3 is 2.39 bits per heavy atom. The van der Waals surface area contributed by atoms with E-state index >= 15 is 0 Å². The van der Waals surface area contributed by atoms with E-state index in [4.69, 9.17) is 4.74 Å². The minimum absolute atomic E-state index is 0.584. The van der Waals surface area contributed by atoms with Gasteiger partial charge in [0.25, 0.3) is 0 Å². The highest BCUT2D eigenvalue weighted by molar-refractivity contribution is 5.71. The van der Waals surface area contributed by atoms with E-state index in [1.54, 1.807) is 24.5 Å². The van der Waals surface area contributed by atoms with Crippen LogP contribution in [-0.4, -0.2) is 9.97 Å². The van der Waals surface area contributed by atoms with Crippen LogP contribution in [0, 0.1) is 18.3 Å². The Kier molecular flexibility index (Phi) is 4.81. The van der Waals surface area contributed by atoms with E-state index in [1.165, 1.54) is 0 Å². The molecule has 0 N–H and O–H groups in total. The first kappa shape index (κ1) is 17.4. The third kappa shape index (κ3) is 3.74. The van der Waals surface area contributed by atoms with Gasteiger partial charge in [-0.05, 0) is 67.6 Å². The molecule has 4 nitrogen and oxygen atoms in total. The maximum absolute atomic E-state index is 9.40. The molecule has 4 rings (SSSR count). The van der Waals surface area contributed by atoms with Crippen LogP contribution in [0.5, 0.6) is 11.5 Å². The summed E-state index contributed by atoms with van der Waals surface area (Å²) >= 11 is 0. The molecule has 28 heavy (non-hydrogen) atoms. The Hall–Kier alpha value is -3.97. The Bertz CT molecular complexity index is 1150. The van der Waals surface area contributed by atoms with Gasteiger partial charge in [-0.3, -0.25) is 9.97 Å². The van der Waals surface area contributed by atoms with Crippen molar-refractivity contribution < 1.29 is 4.74 Å². The molecule has 0 amide bonds. The van der Waals surface area contributed by atoms with Crippen molar-refractivity contribution in [2.24, 2.45) is 0 Å². The highest BCUT2D eigenvalue weighted by Gasteiger charge is 2.08. The predicted molar refractivity (Wildman–Crippen MR) is 109 cm³/mol. The van der Waals surface area contributed by atoms with Crippen LogP contribution in [0.1, 0.15) is 11.3 Å². The lowest BCUT2D eigenvalue weighted by Gasteiger charge is -2.10. The van der Waals surface area contributed by atoms with Gasteiger partial charge in [-0.2, -0.15) is 5.26 Å². The van der Waals surface area contributed by atoms with Crippen molar-refractivity contribution in [2.75, 3.05) is 0 Å². The summed E-state index contributed by atoms with van der Waals surface area (Å²) in [6.45, 7) is 1.98. The smallest absolute Gasteiger partial charge is 0.128 e. The van der Waals surface area contributed by atoms with E-state index in [1.807, 2.05) is 67.6 Å². The van der Waals surface area contributed by atoms with E-state index in [0.717, 1.165) is 33.8 Å². The van der Waals surface area contributed by atoms with Crippen LogP contribution in [0.25, 0.3) is 22.4 Å². The molecule has 134 valence electrons. The van der Waals surface area contributed by atoms with Crippen molar-refractivity contribution >= 4 is 0 Å². The molecule has 2 heterocycles. The number of nitrogens with zero attached hydrogens (tertiary/aromatic N) is 3. The minimum Gasteiger partial charge on any atom is -0.457 e. The van der Waals surface area contributed by atoms with E-state index < -0.39 is 0 Å². The monoisotopic (exact) mass is 363 g/mol. The standard InChI is InChI=1S/C24H17N3O/c1-17-4-2-6-24(27-17)18-7-10-21(11-8-18)28-22-12-9-19(15-25)23(14-22)20-5-3-13-26-16-20/h2-14,16H,1H3.